The van der Waals surface area contributed by atoms with Gasteiger partial charge in [-0.3, -0.25) is 4.79 Å². The molecular formula is C23H38O4S. The number of epoxide rings is 1. The molecule has 2 bridgehead atoms. The van der Waals surface area contributed by atoms with Crippen LogP contribution in [0.15, 0.2) is 12.7 Å². The first-order valence-electron chi connectivity index (χ1n) is 11.4. The molecule has 1 N–H and O–H groups in total. The van der Waals surface area contributed by atoms with Crippen LogP contribution >= 0.6 is 11.8 Å². The molecule has 0 radical (unpaired) electrons. The van der Waals surface area contributed by atoms with Gasteiger partial charge < -0.3 is 14.6 Å². The average molecular weight is 411 g/mol. The maximum absolute atomic E-state index is 10.6. The Morgan fingerprint density at radius 2 is 1.39 bits per heavy atom. The molecule has 6 atom stereocenters. The van der Waals surface area contributed by atoms with Crippen molar-refractivity contribution in [3.63, 3.8) is 0 Å². The van der Waals surface area contributed by atoms with Crippen LogP contribution in [0.25, 0.3) is 0 Å². The van der Waals surface area contributed by atoms with E-state index >= 15 is 0 Å². The minimum absolute atomic E-state index is 0.309. The van der Waals surface area contributed by atoms with Crippen molar-refractivity contribution in [1.29, 1.82) is 0 Å². The van der Waals surface area contributed by atoms with Gasteiger partial charge in [-0.25, -0.2) is 0 Å². The zero-order valence-corrected chi connectivity index (χ0v) is 18.0. The SMILES string of the molecule is C=CCCCCSCCCC[C@@H]1[C@H](CCCCCCC(=O)O)[C@H]2O[C@@H]1[C@H]1O[C@H]12. The molecule has 160 valence electrons. The van der Waals surface area contributed by atoms with Crippen molar-refractivity contribution in [3.05, 3.63) is 12.7 Å². The Kier molecular flexibility index (Phi) is 9.19. The lowest BCUT2D eigenvalue weighted by atomic mass is 9.74. The van der Waals surface area contributed by atoms with Gasteiger partial charge in [-0.2, -0.15) is 11.8 Å². The smallest absolute Gasteiger partial charge is 0.303 e. The van der Waals surface area contributed by atoms with Crippen LogP contribution in [0.3, 0.4) is 0 Å². The third-order valence-electron chi connectivity index (χ3n) is 6.62. The number of rotatable bonds is 17. The number of thioether (sulfide) groups is 1. The molecule has 3 saturated heterocycles. The van der Waals surface area contributed by atoms with Crippen LogP contribution in [0.5, 0.6) is 0 Å². The Balaban J connectivity index is 1.28. The first kappa shape index (κ1) is 22.2. The summed E-state index contributed by atoms with van der Waals surface area (Å²) in [5.74, 6) is 3.25. The van der Waals surface area contributed by atoms with E-state index in [1.54, 1.807) is 0 Å². The van der Waals surface area contributed by atoms with Crippen LogP contribution in [0.2, 0.25) is 0 Å². The third-order valence-corrected chi connectivity index (χ3v) is 7.77. The molecule has 5 heteroatoms. The third kappa shape index (κ3) is 6.24. The molecule has 4 nitrogen and oxygen atoms in total. The van der Waals surface area contributed by atoms with Crippen molar-refractivity contribution in [1.82, 2.24) is 0 Å². The standard InChI is InChI=1S/C23H38O4S/c1-2-3-4-10-15-28-16-11-9-13-18-17(12-7-5-6-8-14-19(24)25)20-22-23(27-22)21(18)26-20/h2,17-18,20-23H,1,3-16H2,(H,24,25)/t17-,18+,20+,21-,22-,23+/m0/s1. The highest BCUT2D eigenvalue weighted by Gasteiger charge is 2.68. The van der Waals surface area contributed by atoms with Crippen LogP contribution in [-0.4, -0.2) is 47.0 Å². The number of hydrogen-bond donors (Lipinski definition) is 1. The van der Waals surface area contributed by atoms with E-state index in [9.17, 15) is 4.79 Å². The van der Waals surface area contributed by atoms with Crippen molar-refractivity contribution in [2.75, 3.05) is 11.5 Å². The van der Waals surface area contributed by atoms with Gasteiger partial charge in [0, 0.05) is 6.42 Å². The number of ether oxygens (including phenoxy) is 2. The van der Waals surface area contributed by atoms with Crippen molar-refractivity contribution >= 4 is 17.7 Å². The van der Waals surface area contributed by atoms with Crippen molar-refractivity contribution in [2.45, 2.75) is 101 Å². The fourth-order valence-electron chi connectivity index (χ4n) is 5.12. The van der Waals surface area contributed by atoms with E-state index < -0.39 is 5.97 Å². The van der Waals surface area contributed by atoms with Gasteiger partial charge in [0.15, 0.2) is 0 Å². The number of allylic oxidation sites excluding steroid dienone is 1. The molecule has 0 spiro atoms. The molecule has 3 heterocycles. The quantitative estimate of drug-likeness (QED) is 0.196. The van der Waals surface area contributed by atoms with E-state index in [4.69, 9.17) is 14.6 Å². The second kappa shape index (κ2) is 11.6. The summed E-state index contributed by atoms with van der Waals surface area (Å²) in [6.45, 7) is 3.78. The zero-order valence-electron chi connectivity index (χ0n) is 17.2. The van der Waals surface area contributed by atoms with Gasteiger partial charge in [0.1, 0.15) is 12.2 Å². The number of carboxylic acids is 1. The number of fused-ring (bicyclic) bond motifs is 5. The topological polar surface area (TPSA) is 59.1 Å². The van der Waals surface area contributed by atoms with Crippen LogP contribution < -0.4 is 0 Å². The zero-order chi connectivity index (χ0) is 19.8. The van der Waals surface area contributed by atoms with Crippen LogP contribution in [-0.2, 0) is 14.3 Å². The Morgan fingerprint density at radius 1 is 0.821 bits per heavy atom. The summed E-state index contributed by atoms with van der Waals surface area (Å²) in [5.41, 5.74) is 0. The van der Waals surface area contributed by atoms with Crippen LogP contribution in [0.4, 0.5) is 0 Å². The molecule has 0 unspecified atom stereocenters. The summed E-state index contributed by atoms with van der Waals surface area (Å²) in [6, 6.07) is 0. The number of hydrogen-bond acceptors (Lipinski definition) is 4. The maximum atomic E-state index is 10.6. The lowest BCUT2D eigenvalue weighted by Crippen LogP contribution is -2.32. The first-order chi connectivity index (χ1) is 13.7. The van der Waals surface area contributed by atoms with Crippen LogP contribution in [0, 0.1) is 11.8 Å². The molecule has 3 fully saturated rings. The van der Waals surface area contributed by atoms with Gasteiger partial charge in [0.2, 0.25) is 0 Å². The van der Waals surface area contributed by atoms with Gasteiger partial charge in [-0.15, -0.1) is 6.58 Å². The van der Waals surface area contributed by atoms with Crippen molar-refractivity contribution in [3.8, 4) is 0 Å². The number of unbranched alkanes of at least 4 members (excludes halogenated alkanes) is 6. The number of carbonyl (C=O) groups is 1. The summed E-state index contributed by atoms with van der Waals surface area (Å²) in [6.07, 6.45) is 16.9. The molecule has 3 aliphatic rings. The summed E-state index contributed by atoms with van der Waals surface area (Å²) >= 11 is 2.10. The Morgan fingerprint density at radius 3 is 2.04 bits per heavy atom. The molecule has 3 aliphatic heterocycles. The average Bonchev–Trinajstić information content (AvgIpc) is 3.30. The van der Waals surface area contributed by atoms with E-state index in [-0.39, 0.29) is 0 Å². The highest BCUT2D eigenvalue weighted by molar-refractivity contribution is 7.99. The molecule has 3 rings (SSSR count). The van der Waals surface area contributed by atoms with Gasteiger partial charge in [0.05, 0.1) is 12.2 Å². The molecular weight excluding hydrogens is 372 g/mol. The first-order valence-corrected chi connectivity index (χ1v) is 12.6. The summed E-state index contributed by atoms with van der Waals surface area (Å²) in [7, 11) is 0. The molecule has 0 aromatic carbocycles. The van der Waals surface area contributed by atoms with Crippen molar-refractivity contribution < 1.29 is 19.4 Å². The highest BCUT2D eigenvalue weighted by Crippen LogP contribution is 2.56. The number of aliphatic carboxylic acids is 1. The summed E-state index contributed by atoms with van der Waals surface area (Å²) < 4.78 is 12.1. The van der Waals surface area contributed by atoms with Gasteiger partial charge in [-0.05, 0) is 68.3 Å². The largest absolute Gasteiger partial charge is 0.481 e. The Hall–Kier alpha value is -0.520. The minimum atomic E-state index is -0.673. The summed E-state index contributed by atoms with van der Waals surface area (Å²) in [4.78, 5) is 10.6. The van der Waals surface area contributed by atoms with Gasteiger partial charge >= 0.3 is 5.97 Å². The van der Waals surface area contributed by atoms with E-state index in [0.717, 1.165) is 25.7 Å². The van der Waals surface area contributed by atoms with Crippen molar-refractivity contribution in [2.24, 2.45) is 11.8 Å². The summed E-state index contributed by atoms with van der Waals surface area (Å²) in [5, 5.41) is 8.73. The highest BCUT2D eigenvalue weighted by atomic mass is 32.2. The Labute approximate surface area is 174 Å². The molecule has 28 heavy (non-hydrogen) atoms. The van der Waals surface area contributed by atoms with E-state index in [1.807, 2.05) is 6.08 Å². The Bertz CT molecular complexity index is 497. The lowest BCUT2D eigenvalue weighted by Gasteiger charge is -2.26. The predicted octanol–water partition coefficient (Wildman–Crippen LogP) is 5.45. The maximum Gasteiger partial charge on any atom is 0.303 e. The fraction of sp³-hybridized carbons (Fsp3) is 0.870. The second-order valence-corrected chi connectivity index (χ2v) is 9.92. The molecule has 0 aliphatic carbocycles. The van der Waals surface area contributed by atoms with E-state index in [0.29, 0.717) is 42.7 Å². The fourth-order valence-corrected chi connectivity index (χ4v) is 6.14. The van der Waals surface area contributed by atoms with Gasteiger partial charge in [0.25, 0.3) is 0 Å². The molecule has 0 amide bonds. The predicted molar refractivity (Wildman–Crippen MR) is 115 cm³/mol. The molecule has 0 aromatic rings. The number of carboxylic acid groups (broad SMARTS) is 1. The van der Waals surface area contributed by atoms with E-state index in [2.05, 4.69) is 18.3 Å². The second-order valence-electron chi connectivity index (χ2n) is 8.70. The van der Waals surface area contributed by atoms with E-state index in [1.165, 1.54) is 56.5 Å². The monoisotopic (exact) mass is 410 g/mol. The minimum Gasteiger partial charge on any atom is -0.481 e. The van der Waals surface area contributed by atoms with Crippen LogP contribution in [0.1, 0.15) is 77.0 Å². The lowest BCUT2D eigenvalue weighted by molar-refractivity contribution is -0.137. The molecule has 0 aromatic heterocycles. The molecule has 0 saturated carbocycles. The normalized spacial score (nSPS) is 32.4. The van der Waals surface area contributed by atoms with Gasteiger partial charge in [-0.1, -0.05) is 31.8 Å².